The molecule has 0 bridgehead atoms. The highest BCUT2D eigenvalue weighted by atomic mass is 35.5. The lowest BCUT2D eigenvalue weighted by Gasteiger charge is -2.43. The third kappa shape index (κ3) is 5.50. The van der Waals surface area contributed by atoms with Gasteiger partial charge in [0.25, 0.3) is 12.0 Å². The zero-order valence-electron chi connectivity index (χ0n) is 18.3. The topological polar surface area (TPSA) is 164 Å². The molecule has 2 radical (unpaired) electrons. The Balaban J connectivity index is 1.66. The Labute approximate surface area is 218 Å². The maximum Gasteiger partial charge on any atom is 0.349 e. The van der Waals surface area contributed by atoms with Crippen molar-refractivity contribution in [2.24, 2.45) is 0 Å². The molecule has 4 rings (SSSR count). The number of rotatable bonds is 7. The van der Waals surface area contributed by atoms with Crippen LogP contribution in [0.3, 0.4) is 0 Å². The molecule has 11 nitrogen and oxygen atoms in total. The number of halogens is 4. The number of sulfonamides is 1. The fourth-order valence-electron chi connectivity index (χ4n) is 3.57. The van der Waals surface area contributed by atoms with Gasteiger partial charge in [0.1, 0.15) is 16.4 Å². The number of alkyl halides is 2. The van der Waals surface area contributed by atoms with E-state index in [1.54, 1.807) is 4.98 Å². The van der Waals surface area contributed by atoms with E-state index in [1.165, 1.54) is 6.07 Å². The van der Waals surface area contributed by atoms with E-state index in [1.807, 2.05) is 0 Å². The van der Waals surface area contributed by atoms with Gasteiger partial charge in [-0.2, -0.15) is 9.78 Å². The Morgan fingerprint density at radius 2 is 1.84 bits per heavy atom. The molecular weight excluding hydrogens is 560 g/mol. The molecule has 37 heavy (non-hydrogen) atoms. The Bertz CT molecular complexity index is 1590. The van der Waals surface area contributed by atoms with E-state index < -0.39 is 55.6 Å². The summed E-state index contributed by atoms with van der Waals surface area (Å²) in [6.07, 6.45) is -4.06. The molecule has 1 aromatic heterocycles. The fraction of sp³-hybridized carbons (Fsp3) is 0.250. The van der Waals surface area contributed by atoms with Crippen molar-refractivity contribution in [3.8, 4) is 22.9 Å². The van der Waals surface area contributed by atoms with Gasteiger partial charge in [-0.05, 0) is 42.5 Å². The standard InChI is InChI=1S/C20H15BCl2F2N4O7S/c21-20(6-9(30)7-20)28-37(34,35)14-5-10(1-2-13(14)31)36-16-11(22)3-8(4-12(16)23)29-19(33)26-18(32)15(27-29)17(24)25/h1-5,9,17,28,30-31H,6-7H2,(H,26,32,33). The van der Waals surface area contributed by atoms with Crippen LogP contribution in [-0.4, -0.2) is 52.8 Å². The lowest BCUT2D eigenvalue weighted by atomic mass is 9.62. The predicted molar refractivity (Wildman–Crippen MR) is 128 cm³/mol. The van der Waals surface area contributed by atoms with Crippen molar-refractivity contribution in [2.75, 3.05) is 0 Å². The van der Waals surface area contributed by atoms with Gasteiger partial charge in [-0.3, -0.25) is 9.78 Å². The minimum Gasteiger partial charge on any atom is -0.507 e. The van der Waals surface area contributed by atoms with Crippen molar-refractivity contribution < 1.29 is 32.1 Å². The molecule has 0 unspecified atom stereocenters. The number of H-pyrrole nitrogens is 1. The van der Waals surface area contributed by atoms with Gasteiger partial charge < -0.3 is 14.9 Å². The van der Waals surface area contributed by atoms with Crippen LogP contribution in [0.5, 0.6) is 17.2 Å². The molecule has 194 valence electrons. The largest absolute Gasteiger partial charge is 0.507 e. The number of hydrogen-bond acceptors (Lipinski definition) is 8. The van der Waals surface area contributed by atoms with Crippen molar-refractivity contribution in [1.29, 1.82) is 0 Å². The number of nitrogens with zero attached hydrogens (tertiary/aromatic N) is 2. The summed E-state index contributed by atoms with van der Waals surface area (Å²) < 4.78 is 59.9. The molecule has 0 aliphatic heterocycles. The number of aliphatic hydroxyl groups is 1. The molecule has 1 fully saturated rings. The molecule has 0 atom stereocenters. The van der Waals surface area contributed by atoms with Crippen molar-refractivity contribution >= 4 is 41.1 Å². The number of nitrogens with one attached hydrogen (secondary N) is 2. The van der Waals surface area contributed by atoms with E-state index in [0.717, 1.165) is 24.3 Å². The van der Waals surface area contributed by atoms with Crippen molar-refractivity contribution in [1.82, 2.24) is 19.5 Å². The summed E-state index contributed by atoms with van der Waals surface area (Å²) in [5.41, 5.74) is -5.25. The first-order valence-corrected chi connectivity index (χ1v) is 12.5. The molecule has 3 aromatic rings. The number of ether oxygens (including phenoxy) is 1. The molecule has 1 heterocycles. The summed E-state index contributed by atoms with van der Waals surface area (Å²) in [6, 6.07) is 5.39. The fourth-order valence-corrected chi connectivity index (χ4v) is 5.55. The second kappa shape index (κ2) is 9.72. The van der Waals surface area contributed by atoms with Crippen molar-refractivity contribution in [2.45, 2.75) is 35.7 Å². The third-order valence-electron chi connectivity index (χ3n) is 5.27. The van der Waals surface area contributed by atoms with E-state index in [9.17, 15) is 37.0 Å². The van der Waals surface area contributed by atoms with Crippen LogP contribution in [0.25, 0.3) is 5.69 Å². The maximum atomic E-state index is 13.0. The number of phenols is 1. The average molecular weight is 575 g/mol. The molecule has 0 saturated heterocycles. The van der Waals surface area contributed by atoms with Crippen molar-refractivity contribution in [3.05, 3.63) is 66.9 Å². The highest BCUT2D eigenvalue weighted by Crippen LogP contribution is 2.40. The van der Waals surface area contributed by atoms with Crippen molar-refractivity contribution in [3.63, 3.8) is 0 Å². The second-order valence-corrected chi connectivity index (χ2v) is 10.6. The minimum atomic E-state index is -4.35. The van der Waals surface area contributed by atoms with Gasteiger partial charge in [0.05, 0.1) is 29.7 Å². The summed E-state index contributed by atoms with van der Waals surface area (Å²) in [4.78, 5) is 24.8. The van der Waals surface area contributed by atoms with Gasteiger partial charge in [0.2, 0.25) is 10.0 Å². The monoisotopic (exact) mass is 574 g/mol. The number of aromatic hydroxyl groups is 1. The van der Waals surface area contributed by atoms with Gasteiger partial charge in [-0.1, -0.05) is 23.2 Å². The lowest BCUT2D eigenvalue weighted by Crippen LogP contribution is -2.59. The Morgan fingerprint density at radius 3 is 2.41 bits per heavy atom. The molecule has 0 amide bonds. The summed E-state index contributed by atoms with van der Waals surface area (Å²) in [5.74, 6) is -0.957. The Morgan fingerprint density at radius 1 is 1.22 bits per heavy atom. The third-order valence-corrected chi connectivity index (χ3v) is 7.41. The van der Waals surface area contributed by atoms with Gasteiger partial charge in [0, 0.05) is 6.07 Å². The average Bonchev–Trinajstić information content (AvgIpc) is 2.75. The van der Waals surface area contributed by atoms with Crippen LogP contribution < -0.4 is 20.7 Å². The van der Waals surface area contributed by atoms with Crippen LogP contribution in [0.2, 0.25) is 10.0 Å². The van der Waals surface area contributed by atoms with E-state index in [4.69, 9.17) is 35.8 Å². The molecule has 1 saturated carbocycles. The number of aromatic nitrogens is 3. The summed E-state index contributed by atoms with van der Waals surface area (Å²) >= 11 is 12.4. The van der Waals surface area contributed by atoms with Crippen LogP contribution in [0, 0.1) is 0 Å². The highest BCUT2D eigenvalue weighted by molar-refractivity contribution is 7.89. The Hall–Kier alpha value is -2.98. The summed E-state index contributed by atoms with van der Waals surface area (Å²) in [6.45, 7) is 0. The lowest BCUT2D eigenvalue weighted by molar-refractivity contribution is 0.0532. The van der Waals surface area contributed by atoms with Crippen LogP contribution in [0.15, 0.2) is 44.8 Å². The van der Waals surface area contributed by atoms with Gasteiger partial charge >= 0.3 is 5.69 Å². The number of aliphatic hydroxyl groups excluding tert-OH is 1. The van der Waals surface area contributed by atoms with E-state index in [2.05, 4.69) is 9.82 Å². The van der Waals surface area contributed by atoms with Crippen LogP contribution in [0.4, 0.5) is 8.78 Å². The smallest absolute Gasteiger partial charge is 0.349 e. The van der Waals surface area contributed by atoms with Crippen LogP contribution in [0.1, 0.15) is 25.0 Å². The Kier molecular flexibility index (Phi) is 7.11. The van der Waals surface area contributed by atoms with E-state index >= 15 is 0 Å². The first-order chi connectivity index (χ1) is 17.2. The first-order valence-electron chi connectivity index (χ1n) is 10.2. The highest BCUT2D eigenvalue weighted by Gasteiger charge is 2.42. The number of hydrogen-bond donors (Lipinski definition) is 4. The molecule has 1 aliphatic carbocycles. The minimum absolute atomic E-state index is 0.0210. The SMILES string of the molecule is [B]C1(NS(=O)(=O)c2cc(Oc3c(Cl)cc(-n4nc(C(F)F)c(=O)[nH]c4=O)cc3Cl)ccc2O)CC(O)C1. The number of phenolic OH excluding ortho intramolecular Hbond substituents is 1. The molecule has 17 heteroatoms. The van der Waals surface area contributed by atoms with Gasteiger partial charge in [-0.25, -0.2) is 26.7 Å². The zero-order chi connectivity index (χ0) is 27.3. The van der Waals surface area contributed by atoms with Crippen LogP contribution >= 0.6 is 23.2 Å². The molecule has 4 N–H and O–H groups in total. The number of aromatic amines is 1. The first kappa shape index (κ1) is 27.1. The second-order valence-electron chi connectivity index (χ2n) is 8.15. The van der Waals surface area contributed by atoms with Gasteiger partial charge in [-0.15, -0.1) is 0 Å². The number of benzene rings is 2. The van der Waals surface area contributed by atoms with Crippen LogP contribution in [-0.2, 0) is 10.0 Å². The van der Waals surface area contributed by atoms with Gasteiger partial charge in [0.15, 0.2) is 11.4 Å². The quantitative estimate of drug-likeness (QED) is 0.311. The van der Waals surface area contributed by atoms with E-state index in [0.29, 0.717) is 4.68 Å². The molecular formula is C20H15BCl2F2N4O7S. The van der Waals surface area contributed by atoms with E-state index in [-0.39, 0.29) is 40.1 Å². The summed E-state index contributed by atoms with van der Waals surface area (Å²) in [7, 11) is 1.54. The zero-order valence-corrected chi connectivity index (χ0v) is 20.6. The molecule has 2 aromatic carbocycles. The predicted octanol–water partition coefficient (Wildman–Crippen LogP) is 1.96. The molecule has 1 aliphatic rings. The maximum absolute atomic E-state index is 13.0. The summed E-state index contributed by atoms with van der Waals surface area (Å²) in [5, 5.41) is 22.4. The molecule has 0 spiro atoms. The normalized spacial score (nSPS) is 19.6.